The van der Waals surface area contributed by atoms with Gasteiger partial charge in [0.25, 0.3) is 0 Å². The van der Waals surface area contributed by atoms with Crippen LogP contribution in [0.1, 0.15) is 66.2 Å². The smallest absolute Gasteiger partial charge is 0.130 e. The average Bonchev–Trinajstić information content (AvgIpc) is 2.31. The zero-order chi connectivity index (χ0) is 14.2. The molecule has 0 aromatic carbocycles. The molecule has 104 valence electrons. The standard InChI is InChI=1S/2C8H14O/c2*1-3-4-5-6-7-8(2)9/h2*4-5H,3,6-7H2,1-2H3/b5-4-;. The van der Waals surface area contributed by atoms with E-state index in [1.54, 1.807) is 13.8 Å². The second-order valence-corrected chi connectivity index (χ2v) is 4.24. The predicted octanol–water partition coefficient (Wildman–Crippen LogP) is 4.64. The monoisotopic (exact) mass is 252 g/mol. The Morgan fingerprint density at radius 1 is 0.722 bits per heavy atom. The van der Waals surface area contributed by atoms with Gasteiger partial charge in [0.05, 0.1) is 0 Å². The zero-order valence-electron chi connectivity index (χ0n) is 12.4. The van der Waals surface area contributed by atoms with Gasteiger partial charge in [-0.1, -0.05) is 38.2 Å². The number of hydrogen-bond donors (Lipinski definition) is 0. The molecule has 0 saturated heterocycles. The van der Waals surface area contributed by atoms with Gasteiger partial charge in [-0.15, -0.1) is 0 Å². The molecule has 0 atom stereocenters. The van der Waals surface area contributed by atoms with Gasteiger partial charge >= 0.3 is 0 Å². The summed E-state index contributed by atoms with van der Waals surface area (Å²) in [4.78, 5) is 20.7. The van der Waals surface area contributed by atoms with Gasteiger partial charge in [0.1, 0.15) is 11.6 Å². The van der Waals surface area contributed by atoms with Crippen molar-refractivity contribution in [2.45, 2.75) is 66.2 Å². The van der Waals surface area contributed by atoms with Crippen molar-refractivity contribution in [3.05, 3.63) is 24.3 Å². The maximum atomic E-state index is 10.4. The third kappa shape index (κ3) is 24.2. The van der Waals surface area contributed by atoms with Crippen molar-refractivity contribution in [3.63, 3.8) is 0 Å². The Morgan fingerprint density at radius 3 is 1.28 bits per heavy atom. The van der Waals surface area contributed by atoms with Crippen molar-refractivity contribution in [1.82, 2.24) is 0 Å². The molecule has 0 bridgehead atoms. The van der Waals surface area contributed by atoms with Gasteiger partial charge in [0.15, 0.2) is 0 Å². The van der Waals surface area contributed by atoms with Crippen LogP contribution in [0.5, 0.6) is 0 Å². The summed E-state index contributed by atoms with van der Waals surface area (Å²) in [6, 6.07) is 0. The molecular weight excluding hydrogens is 224 g/mol. The molecule has 2 heteroatoms. The Morgan fingerprint density at radius 2 is 1.06 bits per heavy atom. The first kappa shape index (κ1) is 19.2. The van der Waals surface area contributed by atoms with E-state index in [-0.39, 0.29) is 11.6 Å². The molecular formula is C16H28O2. The maximum absolute atomic E-state index is 10.4. The molecule has 0 aromatic heterocycles. The van der Waals surface area contributed by atoms with Gasteiger partial charge in [0.2, 0.25) is 0 Å². The number of carbonyl (C=O) groups is 2. The number of ketones is 2. The third-order valence-electron chi connectivity index (χ3n) is 2.13. The Bertz CT molecular complexity index is 234. The average molecular weight is 252 g/mol. The second-order valence-electron chi connectivity index (χ2n) is 4.24. The summed E-state index contributed by atoms with van der Waals surface area (Å²) < 4.78 is 0. The van der Waals surface area contributed by atoms with Crippen LogP contribution in [0.2, 0.25) is 0 Å². The van der Waals surface area contributed by atoms with Gasteiger partial charge in [0, 0.05) is 12.8 Å². The van der Waals surface area contributed by atoms with E-state index >= 15 is 0 Å². The van der Waals surface area contributed by atoms with E-state index in [0.29, 0.717) is 12.8 Å². The highest BCUT2D eigenvalue weighted by atomic mass is 16.1. The maximum Gasteiger partial charge on any atom is 0.130 e. The molecule has 0 spiro atoms. The van der Waals surface area contributed by atoms with Gasteiger partial charge < -0.3 is 9.59 Å². The first-order valence-electron chi connectivity index (χ1n) is 6.83. The van der Waals surface area contributed by atoms with Crippen LogP contribution >= 0.6 is 0 Å². The molecule has 18 heavy (non-hydrogen) atoms. The van der Waals surface area contributed by atoms with E-state index < -0.39 is 0 Å². The first-order chi connectivity index (χ1) is 8.54. The van der Waals surface area contributed by atoms with Crippen LogP contribution in [0.25, 0.3) is 0 Å². The molecule has 0 fully saturated rings. The molecule has 0 aliphatic carbocycles. The predicted molar refractivity (Wildman–Crippen MR) is 78.7 cm³/mol. The van der Waals surface area contributed by atoms with Gasteiger partial charge in [-0.25, -0.2) is 0 Å². The number of rotatable bonds is 8. The molecule has 0 aromatic rings. The molecule has 2 nitrogen and oxygen atoms in total. The van der Waals surface area contributed by atoms with E-state index in [2.05, 4.69) is 38.2 Å². The van der Waals surface area contributed by atoms with Crippen molar-refractivity contribution < 1.29 is 9.59 Å². The lowest BCUT2D eigenvalue weighted by molar-refractivity contribution is -0.117. The quantitative estimate of drug-likeness (QED) is 0.589. The lowest BCUT2D eigenvalue weighted by Crippen LogP contribution is -1.85. The van der Waals surface area contributed by atoms with Gasteiger partial charge in [-0.05, 0) is 39.5 Å². The summed E-state index contributed by atoms with van der Waals surface area (Å²) in [5.74, 6) is 0.548. The normalized spacial score (nSPS) is 10.4. The van der Waals surface area contributed by atoms with Crippen molar-refractivity contribution in [3.8, 4) is 0 Å². The third-order valence-corrected chi connectivity index (χ3v) is 2.13. The van der Waals surface area contributed by atoms with E-state index in [1.807, 2.05) is 0 Å². The molecule has 0 rings (SSSR count). The Kier molecular flexibility index (Phi) is 16.8. The SMILES string of the molecule is CC/C=C\CCC(C)=O.CCC=CCCC(C)=O. The number of carbonyl (C=O) groups excluding carboxylic acids is 2. The van der Waals surface area contributed by atoms with E-state index in [0.717, 1.165) is 25.7 Å². The lowest BCUT2D eigenvalue weighted by atomic mass is 10.2. The van der Waals surface area contributed by atoms with Crippen LogP contribution in [-0.2, 0) is 9.59 Å². The highest BCUT2D eigenvalue weighted by molar-refractivity contribution is 5.75. The minimum atomic E-state index is 0.274. The molecule has 0 radical (unpaired) electrons. The first-order valence-corrected chi connectivity index (χ1v) is 6.83. The molecule has 0 heterocycles. The second kappa shape index (κ2) is 15.8. The molecule has 0 amide bonds. The van der Waals surface area contributed by atoms with Gasteiger partial charge in [-0.3, -0.25) is 0 Å². The summed E-state index contributed by atoms with van der Waals surface area (Å²) in [5, 5.41) is 0. The van der Waals surface area contributed by atoms with Gasteiger partial charge in [-0.2, -0.15) is 0 Å². The van der Waals surface area contributed by atoms with Crippen LogP contribution < -0.4 is 0 Å². The zero-order valence-corrected chi connectivity index (χ0v) is 12.4. The fourth-order valence-corrected chi connectivity index (χ4v) is 1.14. The van der Waals surface area contributed by atoms with Crippen molar-refractivity contribution in [2.24, 2.45) is 0 Å². The molecule has 0 aliphatic rings. The topological polar surface area (TPSA) is 34.1 Å². The summed E-state index contributed by atoms with van der Waals surface area (Å²) in [7, 11) is 0. The summed E-state index contributed by atoms with van der Waals surface area (Å²) in [6.07, 6.45) is 13.6. The highest BCUT2D eigenvalue weighted by Gasteiger charge is 1.87. The van der Waals surface area contributed by atoms with E-state index in [1.165, 1.54) is 0 Å². The number of hydrogen-bond acceptors (Lipinski definition) is 2. The summed E-state index contributed by atoms with van der Waals surface area (Å²) in [5.41, 5.74) is 0. The fourth-order valence-electron chi connectivity index (χ4n) is 1.14. The fraction of sp³-hybridized carbons (Fsp3) is 0.625. The number of Topliss-reactive ketones (excluding diaryl/α,β-unsaturated/α-hetero) is 2. The Balaban J connectivity index is 0. The Labute approximate surface area is 112 Å². The van der Waals surface area contributed by atoms with Crippen LogP contribution in [0, 0.1) is 0 Å². The highest BCUT2D eigenvalue weighted by Crippen LogP contribution is 1.93. The molecule has 0 unspecified atom stereocenters. The van der Waals surface area contributed by atoms with E-state index in [9.17, 15) is 9.59 Å². The van der Waals surface area contributed by atoms with Crippen LogP contribution in [0.15, 0.2) is 24.3 Å². The van der Waals surface area contributed by atoms with Crippen molar-refractivity contribution >= 4 is 11.6 Å². The van der Waals surface area contributed by atoms with E-state index in [4.69, 9.17) is 0 Å². The Hall–Kier alpha value is -1.18. The van der Waals surface area contributed by atoms with Crippen LogP contribution in [0.4, 0.5) is 0 Å². The summed E-state index contributed by atoms with van der Waals surface area (Å²) >= 11 is 0. The van der Waals surface area contributed by atoms with Crippen LogP contribution in [0.3, 0.4) is 0 Å². The molecule has 0 saturated carbocycles. The minimum absolute atomic E-state index is 0.274. The van der Waals surface area contributed by atoms with Crippen molar-refractivity contribution in [2.75, 3.05) is 0 Å². The molecule has 0 N–H and O–H groups in total. The largest absolute Gasteiger partial charge is 0.300 e. The number of allylic oxidation sites excluding steroid dienone is 4. The lowest BCUT2D eigenvalue weighted by Gasteiger charge is -1.85. The van der Waals surface area contributed by atoms with Crippen LogP contribution in [-0.4, -0.2) is 11.6 Å². The van der Waals surface area contributed by atoms with Crippen molar-refractivity contribution in [1.29, 1.82) is 0 Å². The summed E-state index contributed by atoms with van der Waals surface area (Å²) in [6.45, 7) is 7.42. The minimum Gasteiger partial charge on any atom is -0.300 e. The molecule has 0 aliphatic heterocycles.